The summed E-state index contributed by atoms with van der Waals surface area (Å²) in [6.07, 6.45) is 4.99. The third kappa shape index (κ3) is 5.84. The summed E-state index contributed by atoms with van der Waals surface area (Å²) in [5, 5.41) is 11.8. The number of hydrogen-bond donors (Lipinski definition) is 1. The number of hydrogen-bond acceptors (Lipinski definition) is 5. The Morgan fingerprint density at radius 1 is 0.938 bits per heavy atom. The summed E-state index contributed by atoms with van der Waals surface area (Å²) < 4.78 is 5.66. The number of aromatic nitrogens is 2. The maximum absolute atomic E-state index is 12.4. The smallest absolute Gasteiger partial charge is 0.262 e. The van der Waals surface area contributed by atoms with E-state index in [1.807, 2.05) is 62.4 Å². The molecule has 0 radical (unpaired) electrons. The van der Waals surface area contributed by atoms with Gasteiger partial charge in [-0.1, -0.05) is 31.0 Å². The van der Waals surface area contributed by atoms with Gasteiger partial charge < -0.3 is 15.0 Å². The van der Waals surface area contributed by atoms with Crippen molar-refractivity contribution in [3.8, 4) is 17.0 Å². The van der Waals surface area contributed by atoms with Gasteiger partial charge in [0.25, 0.3) is 5.91 Å². The highest BCUT2D eigenvalue weighted by Gasteiger charge is 2.12. The summed E-state index contributed by atoms with van der Waals surface area (Å²) in [6, 6.07) is 17.6. The molecule has 0 spiro atoms. The van der Waals surface area contributed by atoms with Crippen LogP contribution in [0.1, 0.15) is 36.8 Å². The summed E-state index contributed by atoms with van der Waals surface area (Å²) in [5.41, 5.74) is 4.61. The number of anilines is 2. The zero-order chi connectivity index (χ0) is 22.3. The zero-order valence-corrected chi connectivity index (χ0v) is 18.8. The van der Waals surface area contributed by atoms with Crippen LogP contribution in [0.4, 0.5) is 11.5 Å². The van der Waals surface area contributed by atoms with Crippen molar-refractivity contribution >= 4 is 17.4 Å². The van der Waals surface area contributed by atoms with Gasteiger partial charge in [0.1, 0.15) is 5.75 Å². The van der Waals surface area contributed by atoms with E-state index in [2.05, 4.69) is 26.5 Å². The van der Waals surface area contributed by atoms with E-state index >= 15 is 0 Å². The van der Waals surface area contributed by atoms with Gasteiger partial charge in [-0.3, -0.25) is 4.79 Å². The second-order valence-electron chi connectivity index (χ2n) is 8.42. The van der Waals surface area contributed by atoms with Crippen LogP contribution in [0.2, 0.25) is 0 Å². The molecule has 1 aliphatic rings. The van der Waals surface area contributed by atoms with Gasteiger partial charge >= 0.3 is 0 Å². The molecule has 0 bridgehead atoms. The minimum absolute atomic E-state index is 0.0442. The number of nitrogens with one attached hydrogen (secondary N) is 1. The van der Waals surface area contributed by atoms with Gasteiger partial charge in [-0.25, -0.2) is 0 Å². The standard InChI is InChI=1S/C26H30N4O2/c1-19-14-20(2)16-23(15-19)32-18-26(31)27-22-9-7-8-21(17-22)24-10-11-25(29-28-24)30-12-5-3-4-6-13-30/h7-11,14-17H,3-6,12-13,18H2,1-2H3,(H,27,31). The number of ether oxygens (including phenoxy) is 1. The van der Waals surface area contributed by atoms with E-state index < -0.39 is 0 Å². The summed E-state index contributed by atoms with van der Waals surface area (Å²) in [4.78, 5) is 14.7. The molecular formula is C26H30N4O2. The lowest BCUT2D eigenvalue weighted by Gasteiger charge is -2.20. The number of rotatable bonds is 6. The predicted molar refractivity (Wildman–Crippen MR) is 128 cm³/mol. The number of carbonyl (C=O) groups excluding carboxylic acids is 1. The van der Waals surface area contributed by atoms with Crippen LogP contribution in [0.25, 0.3) is 11.3 Å². The monoisotopic (exact) mass is 430 g/mol. The van der Waals surface area contributed by atoms with Crippen molar-refractivity contribution in [2.75, 3.05) is 29.9 Å². The molecule has 3 aromatic rings. The molecule has 0 unspecified atom stereocenters. The fourth-order valence-electron chi connectivity index (χ4n) is 4.07. The van der Waals surface area contributed by atoms with E-state index in [-0.39, 0.29) is 12.5 Å². The van der Waals surface area contributed by atoms with Crippen LogP contribution in [-0.2, 0) is 4.79 Å². The van der Waals surface area contributed by atoms with E-state index in [1.165, 1.54) is 25.7 Å². The fraction of sp³-hybridized carbons (Fsp3) is 0.346. The average Bonchev–Trinajstić information content (AvgIpc) is 3.07. The first-order chi connectivity index (χ1) is 15.6. The summed E-state index contributed by atoms with van der Waals surface area (Å²) in [7, 11) is 0. The maximum Gasteiger partial charge on any atom is 0.262 e. The number of carbonyl (C=O) groups is 1. The third-order valence-electron chi connectivity index (χ3n) is 5.59. The largest absolute Gasteiger partial charge is 0.484 e. The van der Waals surface area contributed by atoms with Gasteiger partial charge in [0, 0.05) is 24.3 Å². The second kappa shape index (κ2) is 10.3. The number of nitrogens with zero attached hydrogens (tertiary/aromatic N) is 3. The lowest BCUT2D eigenvalue weighted by molar-refractivity contribution is -0.118. The van der Waals surface area contributed by atoms with Crippen molar-refractivity contribution in [1.82, 2.24) is 10.2 Å². The molecular weight excluding hydrogens is 400 g/mol. The highest BCUT2D eigenvalue weighted by Crippen LogP contribution is 2.23. The zero-order valence-electron chi connectivity index (χ0n) is 18.8. The molecule has 1 amide bonds. The third-order valence-corrected chi connectivity index (χ3v) is 5.59. The maximum atomic E-state index is 12.4. The van der Waals surface area contributed by atoms with Crippen molar-refractivity contribution in [2.24, 2.45) is 0 Å². The van der Waals surface area contributed by atoms with Gasteiger partial charge in [-0.15, -0.1) is 10.2 Å². The molecule has 0 saturated carbocycles. The molecule has 6 nitrogen and oxygen atoms in total. The predicted octanol–water partition coefficient (Wildman–Crippen LogP) is 5.16. The molecule has 32 heavy (non-hydrogen) atoms. The van der Waals surface area contributed by atoms with Gasteiger partial charge in [-0.05, 0) is 74.2 Å². The molecule has 6 heteroatoms. The Morgan fingerprint density at radius 2 is 1.69 bits per heavy atom. The Morgan fingerprint density at radius 3 is 2.38 bits per heavy atom. The molecule has 2 heterocycles. The highest BCUT2D eigenvalue weighted by molar-refractivity contribution is 5.92. The first-order valence-corrected chi connectivity index (χ1v) is 11.3. The lowest BCUT2D eigenvalue weighted by atomic mass is 10.1. The molecule has 166 valence electrons. The average molecular weight is 431 g/mol. The second-order valence-corrected chi connectivity index (χ2v) is 8.42. The van der Waals surface area contributed by atoms with Crippen molar-refractivity contribution in [3.05, 3.63) is 65.7 Å². The Bertz CT molecular complexity index is 1040. The Balaban J connectivity index is 1.38. The molecule has 1 aromatic heterocycles. The Hall–Kier alpha value is -3.41. The topological polar surface area (TPSA) is 67.3 Å². The molecule has 4 rings (SSSR count). The molecule has 2 aromatic carbocycles. The quantitative estimate of drug-likeness (QED) is 0.585. The first kappa shape index (κ1) is 21.8. The van der Waals surface area contributed by atoms with Crippen LogP contribution in [0, 0.1) is 13.8 Å². The van der Waals surface area contributed by atoms with Crippen molar-refractivity contribution in [3.63, 3.8) is 0 Å². The molecule has 1 aliphatic heterocycles. The fourth-order valence-corrected chi connectivity index (χ4v) is 4.07. The lowest BCUT2D eigenvalue weighted by Crippen LogP contribution is -2.25. The minimum Gasteiger partial charge on any atom is -0.484 e. The van der Waals surface area contributed by atoms with Crippen molar-refractivity contribution in [2.45, 2.75) is 39.5 Å². The van der Waals surface area contributed by atoms with Crippen LogP contribution in [0.3, 0.4) is 0 Å². The van der Waals surface area contributed by atoms with Crippen molar-refractivity contribution < 1.29 is 9.53 Å². The highest BCUT2D eigenvalue weighted by atomic mass is 16.5. The summed E-state index contributed by atoms with van der Waals surface area (Å²) >= 11 is 0. The molecule has 0 aliphatic carbocycles. The van der Waals surface area contributed by atoms with Gasteiger partial charge in [0.2, 0.25) is 0 Å². The number of amides is 1. The first-order valence-electron chi connectivity index (χ1n) is 11.3. The Labute approximate surface area is 189 Å². The number of benzene rings is 2. The van der Waals surface area contributed by atoms with Gasteiger partial charge in [-0.2, -0.15) is 0 Å². The van der Waals surface area contributed by atoms with E-state index in [1.54, 1.807) is 0 Å². The van der Waals surface area contributed by atoms with E-state index in [0.717, 1.165) is 41.3 Å². The molecule has 0 atom stereocenters. The van der Waals surface area contributed by atoms with Gasteiger partial charge in [0.05, 0.1) is 5.69 Å². The van der Waals surface area contributed by atoms with Crippen LogP contribution < -0.4 is 15.0 Å². The van der Waals surface area contributed by atoms with E-state index in [4.69, 9.17) is 4.74 Å². The van der Waals surface area contributed by atoms with E-state index in [9.17, 15) is 4.79 Å². The van der Waals surface area contributed by atoms with Crippen LogP contribution >= 0.6 is 0 Å². The molecule has 1 saturated heterocycles. The van der Waals surface area contributed by atoms with Gasteiger partial charge in [0.15, 0.2) is 12.4 Å². The normalized spacial score (nSPS) is 14.0. The molecule has 1 N–H and O–H groups in total. The molecule has 1 fully saturated rings. The SMILES string of the molecule is Cc1cc(C)cc(OCC(=O)Nc2cccc(-c3ccc(N4CCCCCC4)nn3)c2)c1. The number of aryl methyl sites for hydroxylation is 2. The van der Waals surface area contributed by atoms with Crippen LogP contribution in [0.15, 0.2) is 54.6 Å². The van der Waals surface area contributed by atoms with Crippen LogP contribution in [0.5, 0.6) is 5.75 Å². The Kier molecular flexibility index (Phi) is 7.00. The summed E-state index contributed by atoms with van der Waals surface area (Å²) in [5.74, 6) is 1.43. The van der Waals surface area contributed by atoms with Crippen molar-refractivity contribution in [1.29, 1.82) is 0 Å². The van der Waals surface area contributed by atoms with E-state index in [0.29, 0.717) is 11.4 Å². The summed E-state index contributed by atoms with van der Waals surface area (Å²) in [6.45, 7) is 6.06. The van der Waals surface area contributed by atoms with Crippen LogP contribution in [-0.4, -0.2) is 35.8 Å². The minimum atomic E-state index is -0.205.